The van der Waals surface area contributed by atoms with E-state index in [4.69, 9.17) is 0 Å². The van der Waals surface area contributed by atoms with Crippen LogP contribution >= 0.6 is 0 Å². The first-order valence-electron chi connectivity index (χ1n) is 7.96. The van der Waals surface area contributed by atoms with E-state index in [0.29, 0.717) is 6.54 Å². The molecule has 0 aliphatic heterocycles. The van der Waals surface area contributed by atoms with Crippen molar-refractivity contribution in [2.75, 3.05) is 18.9 Å². The molecule has 2 aromatic rings. The Morgan fingerprint density at radius 2 is 1.83 bits per heavy atom. The van der Waals surface area contributed by atoms with Gasteiger partial charge in [-0.3, -0.25) is 14.6 Å². The Bertz CT molecular complexity index is 714. The average Bonchev–Trinajstić information content (AvgIpc) is 2.57. The Labute approximate surface area is 142 Å². The summed E-state index contributed by atoms with van der Waals surface area (Å²) in [6, 6.07) is 9.57. The second kappa shape index (κ2) is 8.24. The first kappa shape index (κ1) is 17.7. The number of carbonyl (C=O) groups is 2. The predicted octanol–water partition coefficient (Wildman–Crippen LogP) is 2.73. The largest absolute Gasteiger partial charge is 0.345 e. The highest BCUT2D eigenvalue weighted by atomic mass is 16.2. The van der Waals surface area contributed by atoms with Gasteiger partial charge >= 0.3 is 0 Å². The van der Waals surface area contributed by atoms with Crippen LogP contribution in [0.3, 0.4) is 0 Å². The monoisotopic (exact) mass is 325 g/mol. The molecule has 0 bridgehead atoms. The van der Waals surface area contributed by atoms with Crippen LogP contribution in [0.1, 0.15) is 23.1 Å². The predicted molar refractivity (Wildman–Crippen MR) is 94.7 cm³/mol. The van der Waals surface area contributed by atoms with E-state index in [1.807, 2.05) is 44.2 Å². The summed E-state index contributed by atoms with van der Waals surface area (Å²) >= 11 is 0. The van der Waals surface area contributed by atoms with Crippen molar-refractivity contribution in [1.29, 1.82) is 0 Å². The highest BCUT2D eigenvalue weighted by Crippen LogP contribution is 2.18. The van der Waals surface area contributed by atoms with Crippen LogP contribution in [0.25, 0.3) is 0 Å². The molecule has 0 radical (unpaired) electrons. The van der Waals surface area contributed by atoms with Crippen molar-refractivity contribution in [3.63, 3.8) is 0 Å². The van der Waals surface area contributed by atoms with E-state index in [9.17, 15) is 9.59 Å². The number of benzene rings is 1. The van der Waals surface area contributed by atoms with Gasteiger partial charge in [-0.25, -0.2) is 0 Å². The lowest BCUT2D eigenvalue weighted by molar-refractivity contribution is -0.133. The van der Waals surface area contributed by atoms with Crippen molar-refractivity contribution in [3.8, 4) is 0 Å². The van der Waals surface area contributed by atoms with Gasteiger partial charge in [-0.2, -0.15) is 0 Å². The van der Waals surface area contributed by atoms with Crippen molar-refractivity contribution in [3.05, 3.63) is 59.4 Å². The Morgan fingerprint density at radius 1 is 1.12 bits per heavy atom. The quantitative estimate of drug-likeness (QED) is 0.831. The number of aromatic nitrogens is 1. The molecule has 0 aliphatic carbocycles. The lowest BCUT2D eigenvalue weighted by Crippen LogP contribution is -2.32. The van der Waals surface area contributed by atoms with E-state index >= 15 is 0 Å². The molecule has 0 aliphatic rings. The molecule has 5 nitrogen and oxygen atoms in total. The number of hydrogen-bond donors (Lipinski definition) is 1. The average molecular weight is 325 g/mol. The van der Waals surface area contributed by atoms with E-state index in [2.05, 4.69) is 10.3 Å². The summed E-state index contributed by atoms with van der Waals surface area (Å²) in [6.45, 7) is 4.51. The Morgan fingerprint density at radius 3 is 2.54 bits per heavy atom. The number of pyridine rings is 1. The van der Waals surface area contributed by atoms with E-state index < -0.39 is 0 Å². The number of hydrogen-bond acceptors (Lipinski definition) is 3. The third-order valence-electron chi connectivity index (χ3n) is 4.10. The van der Waals surface area contributed by atoms with Crippen LogP contribution in [0.4, 0.5) is 5.69 Å². The van der Waals surface area contributed by atoms with Gasteiger partial charge in [0, 0.05) is 31.7 Å². The molecule has 0 saturated heterocycles. The standard InChI is InChI=1S/C19H23N3O2/c1-14-5-4-6-17(15(14)2)21-18(23)13-19(24)22(3)12-9-16-7-10-20-11-8-16/h4-8,10-11H,9,12-13H2,1-3H3,(H,21,23). The van der Waals surface area contributed by atoms with E-state index in [-0.39, 0.29) is 18.2 Å². The van der Waals surface area contributed by atoms with Crippen molar-refractivity contribution in [1.82, 2.24) is 9.88 Å². The minimum Gasteiger partial charge on any atom is -0.345 e. The lowest BCUT2D eigenvalue weighted by Gasteiger charge is -2.17. The van der Waals surface area contributed by atoms with Crippen LogP contribution in [0.5, 0.6) is 0 Å². The molecular weight excluding hydrogens is 302 g/mol. The summed E-state index contributed by atoms with van der Waals surface area (Å²) in [6.07, 6.45) is 4.05. The smallest absolute Gasteiger partial charge is 0.233 e. The van der Waals surface area contributed by atoms with Gasteiger partial charge in [0.15, 0.2) is 0 Å². The first-order valence-corrected chi connectivity index (χ1v) is 7.96. The van der Waals surface area contributed by atoms with Gasteiger partial charge < -0.3 is 10.2 Å². The number of rotatable bonds is 6. The summed E-state index contributed by atoms with van der Waals surface area (Å²) < 4.78 is 0. The molecule has 1 N–H and O–H groups in total. The number of nitrogens with one attached hydrogen (secondary N) is 1. The maximum Gasteiger partial charge on any atom is 0.233 e. The molecule has 0 fully saturated rings. The fourth-order valence-electron chi connectivity index (χ4n) is 2.32. The molecule has 0 spiro atoms. The molecule has 1 heterocycles. The van der Waals surface area contributed by atoms with Gasteiger partial charge in [0.1, 0.15) is 6.42 Å². The van der Waals surface area contributed by atoms with Crippen LogP contribution in [0, 0.1) is 13.8 Å². The zero-order valence-corrected chi connectivity index (χ0v) is 14.4. The topological polar surface area (TPSA) is 62.3 Å². The molecule has 0 saturated carbocycles. The van der Waals surface area contributed by atoms with Gasteiger partial charge in [-0.05, 0) is 55.2 Å². The maximum atomic E-state index is 12.2. The number of nitrogens with zero attached hydrogens (tertiary/aromatic N) is 2. The van der Waals surface area contributed by atoms with Crippen LogP contribution in [-0.4, -0.2) is 35.3 Å². The summed E-state index contributed by atoms with van der Waals surface area (Å²) in [7, 11) is 1.72. The van der Waals surface area contributed by atoms with Gasteiger partial charge in [-0.1, -0.05) is 12.1 Å². The molecule has 2 rings (SSSR count). The SMILES string of the molecule is Cc1cccc(NC(=O)CC(=O)N(C)CCc2ccncc2)c1C. The molecule has 0 atom stereocenters. The number of anilines is 1. The Kier molecular flexibility index (Phi) is 6.07. The fraction of sp³-hybridized carbons (Fsp3) is 0.316. The Hall–Kier alpha value is -2.69. The molecule has 126 valence electrons. The minimum absolute atomic E-state index is 0.153. The molecule has 1 aromatic heterocycles. The van der Waals surface area contributed by atoms with Crippen LogP contribution in [-0.2, 0) is 16.0 Å². The first-order chi connectivity index (χ1) is 11.5. The molecule has 1 aromatic carbocycles. The highest BCUT2D eigenvalue weighted by molar-refractivity contribution is 6.03. The second-order valence-corrected chi connectivity index (χ2v) is 5.89. The third-order valence-corrected chi connectivity index (χ3v) is 4.10. The van der Waals surface area contributed by atoms with Crippen LogP contribution in [0.15, 0.2) is 42.7 Å². The van der Waals surface area contributed by atoms with E-state index in [1.165, 1.54) is 0 Å². The Balaban J connectivity index is 1.84. The summed E-state index contributed by atoms with van der Waals surface area (Å²) in [5.74, 6) is -0.476. The molecule has 5 heteroatoms. The zero-order chi connectivity index (χ0) is 17.5. The number of carbonyl (C=O) groups excluding carboxylic acids is 2. The van der Waals surface area contributed by atoms with Gasteiger partial charge in [0.25, 0.3) is 0 Å². The van der Waals surface area contributed by atoms with Crippen LogP contribution < -0.4 is 5.32 Å². The maximum absolute atomic E-state index is 12.2. The van der Waals surface area contributed by atoms with Crippen molar-refractivity contribution in [2.24, 2.45) is 0 Å². The summed E-state index contributed by atoms with van der Waals surface area (Å²) in [5.41, 5.74) is 4.00. The van der Waals surface area contributed by atoms with Crippen LogP contribution in [0.2, 0.25) is 0 Å². The molecule has 0 unspecified atom stereocenters. The van der Waals surface area contributed by atoms with Crippen molar-refractivity contribution < 1.29 is 9.59 Å². The third kappa shape index (κ3) is 4.91. The van der Waals surface area contributed by atoms with Crippen molar-refractivity contribution in [2.45, 2.75) is 26.7 Å². The zero-order valence-electron chi connectivity index (χ0n) is 14.4. The van der Waals surface area contributed by atoms with Gasteiger partial charge in [-0.15, -0.1) is 0 Å². The minimum atomic E-state index is -0.288. The number of likely N-dealkylation sites (N-methyl/N-ethyl adjacent to an activating group) is 1. The van der Waals surface area contributed by atoms with E-state index in [0.717, 1.165) is 28.8 Å². The number of aryl methyl sites for hydroxylation is 1. The fourth-order valence-corrected chi connectivity index (χ4v) is 2.32. The second-order valence-electron chi connectivity index (χ2n) is 5.89. The molecule has 2 amide bonds. The summed E-state index contributed by atoms with van der Waals surface area (Å²) in [5, 5.41) is 2.82. The van der Waals surface area contributed by atoms with Crippen molar-refractivity contribution >= 4 is 17.5 Å². The lowest BCUT2D eigenvalue weighted by atomic mass is 10.1. The molecule has 24 heavy (non-hydrogen) atoms. The molecular formula is C19H23N3O2. The van der Waals surface area contributed by atoms with Gasteiger partial charge in [0.05, 0.1) is 0 Å². The summed E-state index contributed by atoms with van der Waals surface area (Å²) in [4.78, 5) is 29.8. The van der Waals surface area contributed by atoms with Gasteiger partial charge in [0.2, 0.25) is 11.8 Å². The highest BCUT2D eigenvalue weighted by Gasteiger charge is 2.15. The van der Waals surface area contributed by atoms with E-state index in [1.54, 1.807) is 24.3 Å². The number of amides is 2. The normalized spacial score (nSPS) is 10.3.